The van der Waals surface area contributed by atoms with Gasteiger partial charge < -0.3 is 10.4 Å². The number of nitrogens with zero attached hydrogens (tertiary/aromatic N) is 1. The third kappa shape index (κ3) is 4.63. The highest BCUT2D eigenvalue weighted by atomic mass is 16.4. The lowest BCUT2D eigenvalue weighted by Crippen LogP contribution is -2.13. The number of rotatable bonds is 5. The Labute approximate surface area is 99.9 Å². The molecule has 1 rings (SSSR count). The molecule has 5 nitrogen and oxygen atoms in total. The van der Waals surface area contributed by atoms with Crippen molar-refractivity contribution in [2.75, 3.05) is 5.32 Å². The first-order valence-corrected chi connectivity index (χ1v) is 5.45. The molecule has 0 radical (unpaired) electrons. The number of carbonyl (C=O) groups is 2. The minimum atomic E-state index is -0.883. The summed E-state index contributed by atoms with van der Waals surface area (Å²) in [5.41, 5.74) is 2.33. The van der Waals surface area contributed by atoms with E-state index in [9.17, 15) is 9.59 Å². The summed E-state index contributed by atoms with van der Waals surface area (Å²) in [6.07, 6.45) is 0.567. The van der Waals surface area contributed by atoms with Crippen LogP contribution in [0.2, 0.25) is 0 Å². The highest BCUT2D eigenvalue weighted by Gasteiger charge is 2.06. The van der Waals surface area contributed by atoms with E-state index in [0.717, 1.165) is 11.4 Å². The smallest absolute Gasteiger partial charge is 0.303 e. The van der Waals surface area contributed by atoms with Crippen LogP contribution in [0, 0.1) is 13.8 Å². The van der Waals surface area contributed by atoms with Gasteiger partial charge in [-0.1, -0.05) is 0 Å². The van der Waals surface area contributed by atoms with Gasteiger partial charge in [-0.3, -0.25) is 14.6 Å². The normalized spacial score (nSPS) is 10.0. The van der Waals surface area contributed by atoms with Crippen molar-refractivity contribution in [3.8, 4) is 0 Å². The summed E-state index contributed by atoms with van der Waals surface area (Å²) in [6.45, 7) is 3.70. The first-order valence-electron chi connectivity index (χ1n) is 5.45. The number of carboxylic acid groups (broad SMARTS) is 1. The van der Waals surface area contributed by atoms with Crippen LogP contribution < -0.4 is 5.32 Å². The lowest BCUT2D eigenvalue weighted by atomic mass is 10.2. The van der Waals surface area contributed by atoms with E-state index in [1.54, 1.807) is 6.07 Å². The molecular weight excluding hydrogens is 220 g/mol. The molecular formula is C12H16N2O3. The van der Waals surface area contributed by atoms with Gasteiger partial charge in [0.2, 0.25) is 5.91 Å². The fourth-order valence-corrected chi connectivity index (χ4v) is 1.43. The summed E-state index contributed by atoms with van der Waals surface area (Å²) in [5, 5.41) is 11.2. The van der Waals surface area contributed by atoms with E-state index in [-0.39, 0.29) is 18.7 Å². The molecule has 1 aromatic rings. The molecule has 0 atom stereocenters. The largest absolute Gasteiger partial charge is 0.481 e. The molecule has 0 bridgehead atoms. The number of aliphatic carboxylic acids is 1. The number of hydrogen-bond acceptors (Lipinski definition) is 3. The van der Waals surface area contributed by atoms with Crippen LogP contribution in [-0.4, -0.2) is 22.0 Å². The second kappa shape index (κ2) is 5.98. The molecule has 1 heterocycles. The molecule has 0 unspecified atom stereocenters. The Kier molecular flexibility index (Phi) is 4.63. The number of aromatic nitrogens is 1. The number of amides is 1. The van der Waals surface area contributed by atoms with E-state index < -0.39 is 5.97 Å². The molecule has 0 aromatic carbocycles. The van der Waals surface area contributed by atoms with Gasteiger partial charge in [0.15, 0.2) is 0 Å². The minimum absolute atomic E-state index is 0.0125. The number of carboxylic acids is 1. The van der Waals surface area contributed by atoms with Gasteiger partial charge >= 0.3 is 5.97 Å². The molecule has 0 spiro atoms. The zero-order valence-corrected chi connectivity index (χ0v) is 9.99. The molecule has 0 aliphatic heterocycles. The summed E-state index contributed by atoms with van der Waals surface area (Å²) in [5.74, 6) is -1.06. The summed E-state index contributed by atoms with van der Waals surface area (Å²) >= 11 is 0. The molecule has 1 amide bonds. The predicted octanol–water partition coefficient (Wildman–Crippen LogP) is 1.89. The zero-order valence-electron chi connectivity index (χ0n) is 9.99. The molecule has 92 valence electrons. The summed E-state index contributed by atoms with van der Waals surface area (Å²) in [4.78, 5) is 26.0. The Hall–Kier alpha value is -1.91. The van der Waals surface area contributed by atoms with Gasteiger partial charge in [0.25, 0.3) is 0 Å². The van der Waals surface area contributed by atoms with Crippen molar-refractivity contribution in [2.24, 2.45) is 0 Å². The van der Waals surface area contributed by atoms with Crippen LogP contribution in [0.3, 0.4) is 0 Å². The topological polar surface area (TPSA) is 79.3 Å². The first kappa shape index (κ1) is 13.2. The molecule has 2 N–H and O–H groups in total. The van der Waals surface area contributed by atoms with E-state index >= 15 is 0 Å². The fraction of sp³-hybridized carbons (Fsp3) is 0.417. The van der Waals surface area contributed by atoms with Crippen molar-refractivity contribution in [1.29, 1.82) is 0 Å². The van der Waals surface area contributed by atoms with Gasteiger partial charge in [0.1, 0.15) is 0 Å². The summed E-state index contributed by atoms with van der Waals surface area (Å²) in [6, 6.07) is 3.62. The molecule has 17 heavy (non-hydrogen) atoms. The maximum atomic E-state index is 11.5. The second-order valence-electron chi connectivity index (χ2n) is 3.88. The van der Waals surface area contributed by atoms with Crippen molar-refractivity contribution < 1.29 is 14.7 Å². The lowest BCUT2D eigenvalue weighted by molar-refractivity contribution is -0.137. The van der Waals surface area contributed by atoms with Gasteiger partial charge in [-0.05, 0) is 32.4 Å². The van der Waals surface area contributed by atoms with E-state index in [1.807, 2.05) is 19.9 Å². The Morgan fingerprint density at radius 2 is 2.00 bits per heavy atom. The van der Waals surface area contributed by atoms with Crippen LogP contribution in [-0.2, 0) is 9.59 Å². The van der Waals surface area contributed by atoms with E-state index in [1.165, 1.54) is 0 Å². The molecule has 0 fully saturated rings. The van der Waals surface area contributed by atoms with Crippen molar-refractivity contribution in [3.63, 3.8) is 0 Å². The Morgan fingerprint density at radius 3 is 2.59 bits per heavy atom. The third-order valence-electron chi connectivity index (χ3n) is 2.29. The van der Waals surface area contributed by atoms with Crippen LogP contribution in [0.15, 0.2) is 12.1 Å². The third-order valence-corrected chi connectivity index (χ3v) is 2.29. The van der Waals surface area contributed by atoms with Crippen LogP contribution in [0.4, 0.5) is 5.69 Å². The number of pyridine rings is 1. The van der Waals surface area contributed by atoms with Crippen molar-refractivity contribution in [3.05, 3.63) is 23.5 Å². The SMILES string of the molecule is Cc1ccc(NC(=O)CCCC(=O)O)c(C)n1. The van der Waals surface area contributed by atoms with E-state index in [4.69, 9.17) is 5.11 Å². The quantitative estimate of drug-likeness (QED) is 0.818. The van der Waals surface area contributed by atoms with Crippen LogP contribution in [0.5, 0.6) is 0 Å². The number of nitrogens with one attached hydrogen (secondary N) is 1. The van der Waals surface area contributed by atoms with Gasteiger partial charge in [0.05, 0.1) is 11.4 Å². The van der Waals surface area contributed by atoms with Crippen LogP contribution >= 0.6 is 0 Å². The highest BCUT2D eigenvalue weighted by molar-refractivity contribution is 5.91. The van der Waals surface area contributed by atoms with Crippen LogP contribution in [0.1, 0.15) is 30.7 Å². The lowest BCUT2D eigenvalue weighted by Gasteiger charge is -2.07. The van der Waals surface area contributed by atoms with Crippen molar-refractivity contribution in [1.82, 2.24) is 4.98 Å². The van der Waals surface area contributed by atoms with Gasteiger partial charge in [-0.2, -0.15) is 0 Å². The van der Waals surface area contributed by atoms with Gasteiger partial charge in [0, 0.05) is 18.5 Å². The zero-order chi connectivity index (χ0) is 12.8. The summed E-state index contributed by atoms with van der Waals surface area (Å²) in [7, 11) is 0. The molecule has 0 aliphatic carbocycles. The monoisotopic (exact) mass is 236 g/mol. The Morgan fingerprint density at radius 1 is 1.29 bits per heavy atom. The maximum Gasteiger partial charge on any atom is 0.303 e. The molecule has 0 saturated heterocycles. The molecule has 1 aromatic heterocycles. The van der Waals surface area contributed by atoms with Crippen molar-refractivity contribution >= 4 is 17.6 Å². The van der Waals surface area contributed by atoms with E-state index in [2.05, 4.69) is 10.3 Å². The fourth-order valence-electron chi connectivity index (χ4n) is 1.43. The standard InChI is InChI=1S/C12H16N2O3/c1-8-6-7-10(9(2)13-8)14-11(15)4-3-5-12(16)17/h6-7H,3-5H2,1-2H3,(H,14,15)(H,16,17). The Bertz CT molecular complexity index is 430. The average molecular weight is 236 g/mol. The number of anilines is 1. The molecule has 5 heteroatoms. The first-order chi connectivity index (χ1) is 7.99. The van der Waals surface area contributed by atoms with Crippen LogP contribution in [0.25, 0.3) is 0 Å². The van der Waals surface area contributed by atoms with E-state index in [0.29, 0.717) is 12.1 Å². The highest BCUT2D eigenvalue weighted by Crippen LogP contribution is 2.13. The van der Waals surface area contributed by atoms with Crippen molar-refractivity contribution in [2.45, 2.75) is 33.1 Å². The number of hydrogen-bond donors (Lipinski definition) is 2. The maximum absolute atomic E-state index is 11.5. The molecule has 0 saturated carbocycles. The summed E-state index contributed by atoms with van der Waals surface area (Å²) < 4.78 is 0. The average Bonchev–Trinajstić information content (AvgIpc) is 2.21. The number of aryl methyl sites for hydroxylation is 2. The second-order valence-corrected chi connectivity index (χ2v) is 3.88. The minimum Gasteiger partial charge on any atom is -0.481 e. The molecule has 0 aliphatic rings. The predicted molar refractivity (Wildman–Crippen MR) is 63.8 cm³/mol. The van der Waals surface area contributed by atoms with Gasteiger partial charge in [-0.25, -0.2) is 0 Å². The van der Waals surface area contributed by atoms with Gasteiger partial charge in [-0.15, -0.1) is 0 Å². The Balaban J connectivity index is 2.48. The number of carbonyl (C=O) groups excluding carboxylic acids is 1.